The molecule has 1 heterocycles. The zero-order valence-corrected chi connectivity index (χ0v) is 23.1. The summed E-state index contributed by atoms with van der Waals surface area (Å²) in [5.41, 5.74) is 3.23. The molecule has 0 fully saturated rings. The maximum atomic E-state index is 12.5. The summed E-state index contributed by atoms with van der Waals surface area (Å²) in [4.78, 5) is 28.6. The number of anilines is 1. The molecule has 4 aromatic carbocycles. The number of esters is 1. The summed E-state index contributed by atoms with van der Waals surface area (Å²) in [6.07, 6.45) is 0. The van der Waals surface area contributed by atoms with Crippen molar-refractivity contribution in [2.75, 3.05) is 12.4 Å². The Morgan fingerprint density at radius 2 is 1.61 bits per heavy atom. The SMILES string of the molecule is COc1ccc(-n2c(CSC(=Nc3ccccc3)Nc3ccccc3)c([N+](=O)[O-])c3ccc(OC(C)=O)cc32)cc1. The number of aliphatic imine (C=N–C) groups is 1. The van der Waals surface area contributed by atoms with E-state index in [9.17, 15) is 14.9 Å². The van der Waals surface area contributed by atoms with Crippen molar-refractivity contribution in [1.29, 1.82) is 0 Å². The number of nitrogens with one attached hydrogen (secondary N) is 1. The van der Waals surface area contributed by atoms with Crippen molar-refractivity contribution in [1.82, 2.24) is 4.57 Å². The van der Waals surface area contributed by atoms with Gasteiger partial charge in [-0.3, -0.25) is 14.9 Å². The number of carbonyl (C=O) groups excluding carboxylic acids is 1. The van der Waals surface area contributed by atoms with Gasteiger partial charge >= 0.3 is 5.97 Å². The molecule has 0 saturated carbocycles. The van der Waals surface area contributed by atoms with Crippen LogP contribution < -0.4 is 14.8 Å². The number of amidine groups is 1. The van der Waals surface area contributed by atoms with E-state index in [2.05, 4.69) is 5.32 Å². The van der Waals surface area contributed by atoms with Crippen LogP contribution in [0.1, 0.15) is 12.6 Å². The van der Waals surface area contributed by atoms with Crippen LogP contribution in [0.25, 0.3) is 16.6 Å². The number of nitro groups is 1. The van der Waals surface area contributed by atoms with Crippen LogP contribution in [-0.4, -0.2) is 27.7 Å². The standard InChI is InChI=1S/C31H26N4O5S/c1-21(36)40-26-17-18-27-28(19-26)34(24-13-15-25(39-2)16-14-24)29(30(27)35(37)38)20-41-31(32-22-9-5-3-6-10-22)33-23-11-7-4-8-12-23/h3-19H,20H2,1-2H3,(H,32,33). The average Bonchev–Trinajstić information content (AvgIpc) is 3.30. The van der Waals surface area contributed by atoms with Crippen molar-refractivity contribution in [2.24, 2.45) is 4.99 Å². The van der Waals surface area contributed by atoms with Crippen LogP contribution in [0.3, 0.4) is 0 Å². The Morgan fingerprint density at radius 3 is 2.24 bits per heavy atom. The van der Waals surface area contributed by atoms with E-state index in [4.69, 9.17) is 14.5 Å². The van der Waals surface area contributed by atoms with Crippen LogP contribution >= 0.6 is 11.8 Å². The van der Waals surface area contributed by atoms with Crippen LogP contribution in [0.5, 0.6) is 11.5 Å². The molecular formula is C31H26N4O5S. The molecule has 1 aromatic heterocycles. The van der Waals surface area contributed by atoms with Gasteiger partial charge in [0.25, 0.3) is 5.69 Å². The third-order valence-electron chi connectivity index (χ3n) is 6.14. The Labute approximate surface area is 240 Å². The molecule has 0 unspecified atom stereocenters. The topological polar surface area (TPSA) is 108 Å². The quantitative estimate of drug-likeness (QED) is 0.0517. The second-order valence-electron chi connectivity index (χ2n) is 8.89. The van der Waals surface area contributed by atoms with E-state index < -0.39 is 5.97 Å². The van der Waals surface area contributed by atoms with Gasteiger partial charge in [0.15, 0.2) is 5.17 Å². The summed E-state index contributed by atoms with van der Waals surface area (Å²) in [6, 6.07) is 31.2. The van der Waals surface area contributed by atoms with Crippen LogP contribution in [-0.2, 0) is 10.5 Å². The molecule has 0 radical (unpaired) electrons. The first-order chi connectivity index (χ1) is 19.9. The van der Waals surface area contributed by atoms with Crippen molar-refractivity contribution >= 4 is 50.9 Å². The number of methoxy groups -OCH3 is 1. The molecule has 0 atom stereocenters. The number of hydrogen-bond acceptors (Lipinski definition) is 7. The normalized spacial score (nSPS) is 11.3. The summed E-state index contributed by atoms with van der Waals surface area (Å²) in [7, 11) is 1.58. The molecule has 5 rings (SSSR count). The largest absolute Gasteiger partial charge is 0.497 e. The minimum Gasteiger partial charge on any atom is -0.497 e. The summed E-state index contributed by atoms with van der Waals surface area (Å²) < 4.78 is 12.4. The molecule has 0 aliphatic rings. The number of ether oxygens (including phenoxy) is 2. The first kappa shape index (κ1) is 27.5. The fraction of sp³-hybridized carbons (Fsp3) is 0.0968. The maximum Gasteiger partial charge on any atom is 0.308 e. The van der Waals surface area contributed by atoms with Crippen LogP contribution in [0.2, 0.25) is 0 Å². The predicted octanol–water partition coefficient (Wildman–Crippen LogP) is 7.51. The fourth-order valence-electron chi connectivity index (χ4n) is 4.39. The number of aromatic nitrogens is 1. The molecule has 0 aliphatic heterocycles. The van der Waals surface area contributed by atoms with E-state index in [0.29, 0.717) is 39.0 Å². The van der Waals surface area contributed by atoms with Gasteiger partial charge in [0.1, 0.15) is 17.2 Å². The Morgan fingerprint density at radius 1 is 0.951 bits per heavy atom. The second kappa shape index (κ2) is 12.4. The molecule has 9 nitrogen and oxygen atoms in total. The maximum absolute atomic E-state index is 12.5. The first-order valence-corrected chi connectivity index (χ1v) is 13.6. The number of rotatable bonds is 8. The third kappa shape index (κ3) is 6.39. The van der Waals surface area contributed by atoms with Gasteiger partial charge in [-0.2, -0.15) is 0 Å². The van der Waals surface area contributed by atoms with Crippen molar-refractivity contribution in [3.8, 4) is 17.2 Å². The van der Waals surface area contributed by atoms with Gasteiger partial charge in [-0.15, -0.1) is 0 Å². The highest BCUT2D eigenvalue weighted by Gasteiger charge is 2.28. The van der Waals surface area contributed by atoms with E-state index in [1.54, 1.807) is 37.4 Å². The lowest BCUT2D eigenvalue weighted by Gasteiger charge is -2.13. The van der Waals surface area contributed by atoms with Gasteiger partial charge in [0, 0.05) is 30.1 Å². The van der Waals surface area contributed by atoms with Gasteiger partial charge in [-0.25, -0.2) is 4.99 Å². The Hall–Kier alpha value is -5.09. The number of fused-ring (bicyclic) bond motifs is 1. The van der Waals surface area contributed by atoms with E-state index in [1.165, 1.54) is 18.7 Å². The lowest BCUT2D eigenvalue weighted by atomic mass is 10.2. The van der Waals surface area contributed by atoms with Gasteiger partial charge in [-0.05, 0) is 60.7 Å². The number of hydrogen-bond donors (Lipinski definition) is 1. The molecular weight excluding hydrogens is 540 g/mol. The van der Waals surface area contributed by atoms with Crippen molar-refractivity contribution < 1.29 is 19.2 Å². The molecule has 0 spiro atoms. The highest BCUT2D eigenvalue weighted by Crippen LogP contribution is 2.39. The van der Waals surface area contributed by atoms with E-state index in [-0.39, 0.29) is 16.4 Å². The lowest BCUT2D eigenvalue weighted by Crippen LogP contribution is -2.09. The predicted molar refractivity (Wildman–Crippen MR) is 163 cm³/mol. The van der Waals surface area contributed by atoms with Gasteiger partial charge < -0.3 is 19.4 Å². The number of carbonyl (C=O) groups is 1. The minimum absolute atomic E-state index is 0.0311. The zero-order chi connectivity index (χ0) is 28.8. The van der Waals surface area contributed by atoms with Crippen molar-refractivity contribution in [3.63, 3.8) is 0 Å². The summed E-state index contributed by atoms with van der Waals surface area (Å²) in [5, 5.41) is 16.8. The highest BCUT2D eigenvalue weighted by atomic mass is 32.2. The molecule has 0 saturated heterocycles. The van der Waals surface area contributed by atoms with Crippen molar-refractivity contribution in [2.45, 2.75) is 12.7 Å². The van der Waals surface area contributed by atoms with Crippen LogP contribution in [0.15, 0.2) is 108 Å². The smallest absolute Gasteiger partial charge is 0.308 e. The molecule has 41 heavy (non-hydrogen) atoms. The van der Waals surface area contributed by atoms with E-state index in [1.807, 2.05) is 77.4 Å². The van der Waals surface area contributed by atoms with E-state index >= 15 is 0 Å². The summed E-state index contributed by atoms with van der Waals surface area (Å²) in [5.74, 6) is 0.681. The Balaban J connectivity index is 1.63. The molecule has 206 valence electrons. The van der Waals surface area contributed by atoms with Crippen LogP contribution in [0.4, 0.5) is 17.1 Å². The van der Waals surface area contributed by atoms with Crippen molar-refractivity contribution in [3.05, 3.63) is 119 Å². The Bertz CT molecular complexity index is 1720. The van der Waals surface area contributed by atoms with E-state index in [0.717, 1.165) is 11.4 Å². The second-order valence-corrected chi connectivity index (χ2v) is 9.85. The van der Waals surface area contributed by atoms with Gasteiger partial charge in [-0.1, -0.05) is 48.2 Å². The minimum atomic E-state index is -0.481. The molecule has 0 bridgehead atoms. The molecule has 10 heteroatoms. The monoisotopic (exact) mass is 566 g/mol. The zero-order valence-electron chi connectivity index (χ0n) is 22.3. The van der Waals surface area contributed by atoms with Gasteiger partial charge in [0.05, 0.1) is 28.6 Å². The summed E-state index contributed by atoms with van der Waals surface area (Å²) >= 11 is 1.35. The fourth-order valence-corrected chi connectivity index (χ4v) is 5.29. The Kier molecular flexibility index (Phi) is 8.31. The number of benzene rings is 4. The van der Waals surface area contributed by atoms with Gasteiger partial charge in [0.2, 0.25) is 0 Å². The van der Waals surface area contributed by atoms with Crippen LogP contribution in [0, 0.1) is 10.1 Å². The summed E-state index contributed by atoms with van der Waals surface area (Å²) in [6.45, 7) is 1.31. The number of nitrogens with zero attached hydrogens (tertiary/aromatic N) is 3. The number of thioether (sulfide) groups is 1. The third-order valence-corrected chi connectivity index (χ3v) is 7.03. The molecule has 1 N–H and O–H groups in total. The average molecular weight is 567 g/mol. The molecule has 0 aliphatic carbocycles. The highest BCUT2D eigenvalue weighted by molar-refractivity contribution is 8.13. The first-order valence-electron chi connectivity index (χ1n) is 12.7. The lowest BCUT2D eigenvalue weighted by molar-refractivity contribution is -0.383. The molecule has 5 aromatic rings. The number of para-hydroxylation sites is 2. The molecule has 0 amide bonds.